The van der Waals surface area contributed by atoms with Crippen molar-refractivity contribution in [3.05, 3.63) is 82.9 Å². The van der Waals surface area contributed by atoms with E-state index in [0.717, 1.165) is 0 Å². The van der Waals surface area contributed by atoms with E-state index in [1.807, 2.05) is 0 Å². The van der Waals surface area contributed by atoms with Gasteiger partial charge >= 0.3 is 0 Å². The van der Waals surface area contributed by atoms with Gasteiger partial charge in [0.1, 0.15) is 0 Å². The maximum absolute atomic E-state index is 12.6. The van der Waals surface area contributed by atoms with Crippen molar-refractivity contribution < 1.29 is 85.2 Å². The molecule has 0 aliphatic carbocycles. The van der Waals surface area contributed by atoms with Gasteiger partial charge in [-0.15, -0.1) is 0 Å². The van der Waals surface area contributed by atoms with Gasteiger partial charge in [-0.05, 0) is 22.9 Å². The average Bonchev–Trinajstić information content (AvgIpc) is 2.83. The van der Waals surface area contributed by atoms with Crippen LogP contribution in [0.5, 0.6) is 11.5 Å². The van der Waals surface area contributed by atoms with Gasteiger partial charge in [0.2, 0.25) is 0 Å². The van der Waals surface area contributed by atoms with Crippen molar-refractivity contribution in [1.82, 2.24) is 10.6 Å². The molecule has 2 radical (unpaired) electrons. The molecule has 0 bridgehead atoms. The van der Waals surface area contributed by atoms with Crippen LogP contribution < -0.4 is 10.6 Å². The summed E-state index contributed by atoms with van der Waals surface area (Å²) in [7, 11) is 0. The van der Waals surface area contributed by atoms with Gasteiger partial charge in [0, 0.05) is 76.2 Å². The van der Waals surface area contributed by atoms with Crippen molar-refractivity contribution in [2.45, 2.75) is 0 Å². The number of nitrogens with one attached hydrogen (secondary N) is 2. The van der Waals surface area contributed by atoms with Gasteiger partial charge in [-0.2, -0.15) is 0 Å². The normalized spacial score (nSPS) is 10.1. The Labute approximate surface area is 249 Å². The number of hydrogen-bond acceptors (Lipinski definition) is 6. The Morgan fingerprint density at radius 3 is 1.46 bits per heavy atom. The van der Waals surface area contributed by atoms with Crippen LogP contribution in [-0.2, 0) is 65.4 Å². The van der Waals surface area contributed by atoms with Crippen molar-refractivity contribution >= 4 is 44.7 Å². The van der Waals surface area contributed by atoms with E-state index < -0.39 is 23.3 Å². The molecule has 0 atom stereocenters. The number of amides is 2. The van der Waals surface area contributed by atoms with E-state index in [4.69, 9.17) is 0 Å². The molecule has 0 aromatic heterocycles. The van der Waals surface area contributed by atoms with E-state index in [1.54, 1.807) is 48.5 Å². The van der Waals surface area contributed by atoms with Crippen molar-refractivity contribution in [1.29, 1.82) is 0 Å². The first kappa shape index (κ1) is 28.6. The molecule has 0 fully saturated rings. The SMILES string of the molecule is [N-]=Nc1c(O)c(C(=O)NCNC(=O)c2cc3ccccc3c(N=[N-])c2O)cc2ccccc12.[Y].[Y]. The quantitative estimate of drug-likeness (QED) is 0.180. The summed E-state index contributed by atoms with van der Waals surface area (Å²) in [6, 6.07) is 16.4. The molecule has 0 aliphatic rings. The van der Waals surface area contributed by atoms with E-state index in [2.05, 4.69) is 20.9 Å². The van der Waals surface area contributed by atoms with Crippen LogP contribution in [0.2, 0.25) is 0 Å². The Hall–Kier alpha value is -2.65. The zero-order valence-electron chi connectivity index (χ0n) is 18.1. The van der Waals surface area contributed by atoms with E-state index in [9.17, 15) is 30.9 Å². The summed E-state index contributed by atoms with van der Waals surface area (Å²) in [6.07, 6.45) is 0. The van der Waals surface area contributed by atoms with Crippen LogP contribution in [0.3, 0.4) is 0 Å². The van der Waals surface area contributed by atoms with Gasteiger partial charge in [-0.25, -0.2) is 0 Å². The zero-order chi connectivity index (χ0) is 23.5. The third-order valence-corrected chi connectivity index (χ3v) is 5.18. The molecule has 0 heterocycles. The molecule has 0 spiro atoms. The molecule has 4 N–H and O–H groups in total. The number of nitrogens with zero attached hydrogens (tertiary/aromatic N) is 4. The van der Waals surface area contributed by atoms with E-state index in [1.165, 1.54) is 12.1 Å². The molecule has 4 aromatic carbocycles. The van der Waals surface area contributed by atoms with Crippen molar-refractivity contribution in [3.8, 4) is 11.5 Å². The molecule has 35 heavy (non-hydrogen) atoms. The van der Waals surface area contributed by atoms with Crippen LogP contribution in [0.25, 0.3) is 32.6 Å². The molecule has 0 unspecified atom stereocenters. The van der Waals surface area contributed by atoms with Crippen LogP contribution in [0.1, 0.15) is 20.7 Å². The van der Waals surface area contributed by atoms with E-state index in [0.29, 0.717) is 21.5 Å². The predicted molar refractivity (Wildman–Crippen MR) is 122 cm³/mol. The van der Waals surface area contributed by atoms with Gasteiger partial charge in [0.15, 0.2) is 11.5 Å². The van der Waals surface area contributed by atoms with Crippen LogP contribution in [-0.4, -0.2) is 28.7 Å². The van der Waals surface area contributed by atoms with Gasteiger partial charge in [-0.1, -0.05) is 48.5 Å². The van der Waals surface area contributed by atoms with E-state index in [-0.39, 0.29) is 94.6 Å². The minimum Gasteiger partial charge on any atom is -0.706 e. The van der Waals surface area contributed by atoms with Crippen molar-refractivity contribution in [2.24, 2.45) is 10.2 Å². The molecule has 12 heteroatoms. The summed E-state index contributed by atoms with van der Waals surface area (Å²) in [5, 5.41) is 33.8. The van der Waals surface area contributed by atoms with Gasteiger partial charge in [0.25, 0.3) is 11.8 Å². The standard InChI is InChI=1S/C23H16N6O4.2Y/c24-28-18-14-7-3-1-5-12(14)9-16(20(18)30)22(32)26-11-27-23(33)17-10-13-6-2-4-8-15(13)19(29-25)21(17)31;;/h1-10,30-31H,11H2,(H,26,32)(H,27,33);;/q-2;;. The Morgan fingerprint density at radius 1 is 0.714 bits per heavy atom. The zero-order valence-corrected chi connectivity index (χ0v) is 23.8. The second-order valence-corrected chi connectivity index (χ2v) is 7.07. The van der Waals surface area contributed by atoms with Gasteiger partial charge in [-0.3, -0.25) is 9.59 Å². The first-order valence-corrected chi connectivity index (χ1v) is 9.72. The van der Waals surface area contributed by atoms with Crippen molar-refractivity contribution in [3.63, 3.8) is 0 Å². The van der Waals surface area contributed by atoms with Gasteiger partial charge in [0.05, 0.1) is 29.2 Å². The fourth-order valence-electron chi connectivity index (χ4n) is 3.58. The number of rotatable bonds is 6. The summed E-state index contributed by atoms with van der Waals surface area (Å²) in [5.41, 5.74) is 17.9. The third kappa shape index (κ3) is 5.61. The number of phenols is 2. The molecule has 0 saturated carbocycles. The smallest absolute Gasteiger partial charge is 0.256 e. The minimum atomic E-state index is -0.725. The minimum absolute atomic E-state index is 0. The van der Waals surface area contributed by atoms with Crippen LogP contribution in [0.15, 0.2) is 70.9 Å². The average molecular weight is 618 g/mol. The number of carbonyl (C=O) groups excluding carboxylic acids is 2. The fourth-order valence-corrected chi connectivity index (χ4v) is 3.58. The number of hydrogen-bond donors (Lipinski definition) is 4. The molecule has 170 valence electrons. The summed E-state index contributed by atoms with van der Waals surface area (Å²) < 4.78 is 0. The molecule has 4 aromatic rings. The second kappa shape index (κ2) is 12.4. The predicted octanol–water partition coefficient (Wildman–Crippen LogP) is 4.82. The van der Waals surface area contributed by atoms with Crippen molar-refractivity contribution in [2.75, 3.05) is 6.67 Å². The molecule has 2 amide bonds. The summed E-state index contributed by atoms with van der Waals surface area (Å²) >= 11 is 0. The van der Waals surface area contributed by atoms with Crippen LogP contribution in [0.4, 0.5) is 11.4 Å². The Kier molecular flexibility index (Phi) is 10.1. The molecule has 10 nitrogen and oxygen atoms in total. The van der Waals surface area contributed by atoms with Crippen LogP contribution in [0, 0.1) is 0 Å². The molecular weight excluding hydrogens is 602 g/mol. The maximum Gasteiger partial charge on any atom is 0.256 e. The topological polar surface area (TPSA) is 168 Å². The first-order valence-electron chi connectivity index (χ1n) is 9.72. The molecule has 4 rings (SSSR count). The first-order chi connectivity index (χ1) is 16.0. The summed E-state index contributed by atoms with van der Waals surface area (Å²) in [6.45, 7) is -0.340. The third-order valence-electron chi connectivity index (χ3n) is 5.18. The largest absolute Gasteiger partial charge is 0.706 e. The molecule has 0 saturated heterocycles. The fraction of sp³-hybridized carbons (Fsp3) is 0.0435. The Morgan fingerprint density at radius 2 is 1.09 bits per heavy atom. The van der Waals surface area contributed by atoms with Crippen LogP contribution >= 0.6 is 0 Å². The Bertz CT molecular complexity index is 1350. The number of fused-ring (bicyclic) bond motifs is 2. The number of aromatic hydroxyl groups is 2. The second-order valence-electron chi connectivity index (χ2n) is 7.07. The number of benzene rings is 4. The summed E-state index contributed by atoms with van der Waals surface area (Å²) in [5.74, 6) is -2.47. The maximum atomic E-state index is 12.6. The monoisotopic (exact) mass is 618 g/mol. The molecular formula is C23H16N6O4Y2-2. The molecule has 0 aliphatic heterocycles. The number of carbonyl (C=O) groups is 2. The van der Waals surface area contributed by atoms with E-state index >= 15 is 0 Å². The number of phenolic OH excluding ortho intramolecular Hbond substituents is 2. The van der Waals surface area contributed by atoms with Gasteiger partial charge < -0.3 is 42.1 Å². The Balaban J connectivity index is 0.00000216. The summed E-state index contributed by atoms with van der Waals surface area (Å²) in [4.78, 5) is 25.2.